The zero-order chi connectivity index (χ0) is 13.1. The third kappa shape index (κ3) is 2.81. The molecule has 94 valence electrons. The summed E-state index contributed by atoms with van der Waals surface area (Å²) in [6, 6.07) is 9.11. The lowest BCUT2D eigenvalue weighted by atomic mass is 10.1. The molecule has 0 saturated heterocycles. The highest BCUT2D eigenvalue weighted by molar-refractivity contribution is 6.30. The topological polar surface area (TPSA) is 48.1 Å². The van der Waals surface area contributed by atoms with Crippen LogP contribution in [0.1, 0.15) is 24.1 Å². The summed E-state index contributed by atoms with van der Waals surface area (Å²) in [4.78, 5) is 4.22. The number of benzene rings is 1. The molecule has 2 rings (SSSR count). The van der Waals surface area contributed by atoms with Gasteiger partial charge < -0.3 is 10.5 Å². The van der Waals surface area contributed by atoms with Crippen molar-refractivity contribution in [2.75, 3.05) is 0 Å². The predicted molar refractivity (Wildman–Crippen MR) is 73.1 cm³/mol. The van der Waals surface area contributed by atoms with E-state index in [1.165, 1.54) is 0 Å². The van der Waals surface area contributed by atoms with Crippen LogP contribution in [0.2, 0.25) is 5.02 Å². The monoisotopic (exact) mass is 262 g/mol. The van der Waals surface area contributed by atoms with E-state index in [0.717, 1.165) is 16.9 Å². The molecule has 0 fully saturated rings. The van der Waals surface area contributed by atoms with Crippen LogP contribution in [0.15, 0.2) is 36.5 Å². The highest BCUT2D eigenvalue weighted by atomic mass is 35.5. The average Bonchev–Trinajstić information content (AvgIpc) is 2.33. The highest BCUT2D eigenvalue weighted by Gasteiger charge is 2.11. The first-order valence-electron chi connectivity index (χ1n) is 5.72. The normalized spacial score (nSPS) is 12.2. The smallest absolute Gasteiger partial charge is 0.223 e. The van der Waals surface area contributed by atoms with Crippen LogP contribution in [0.3, 0.4) is 0 Å². The average molecular weight is 263 g/mol. The molecule has 2 aromatic rings. The summed E-state index contributed by atoms with van der Waals surface area (Å²) in [5, 5.41) is 0.688. The molecule has 0 saturated carbocycles. The van der Waals surface area contributed by atoms with Gasteiger partial charge in [-0.2, -0.15) is 0 Å². The van der Waals surface area contributed by atoms with Crippen LogP contribution in [0.5, 0.6) is 11.6 Å². The van der Waals surface area contributed by atoms with Gasteiger partial charge in [-0.1, -0.05) is 17.7 Å². The van der Waals surface area contributed by atoms with Crippen molar-refractivity contribution < 1.29 is 4.74 Å². The molecule has 0 radical (unpaired) electrons. The number of halogens is 1. The van der Waals surface area contributed by atoms with E-state index in [1.807, 2.05) is 38.1 Å². The Morgan fingerprint density at radius 3 is 2.78 bits per heavy atom. The van der Waals surface area contributed by atoms with Crippen molar-refractivity contribution in [3.63, 3.8) is 0 Å². The largest absolute Gasteiger partial charge is 0.438 e. The van der Waals surface area contributed by atoms with Gasteiger partial charge in [0.05, 0.1) is 0 Å². The maximum absolute atomic E-state index is 5.91. The van der Waals surface area contributed by atoms with Crippen LogP contribution < -0.4 is 10.5 Å². The molecular formula is C14H15ClN2O. The molecule has 3 nitrogen and oxygen atoms in total. The van der Waals surface area contributed by atoms with Gasteiger partial charge in [-0.15, -0.1) is 0 Å². The van der Waals surface area contributed by atoms with Crippen LogP contribution in [-0.4, -0.2) is 4.98 Å². The summed E-state index contributed by atoms with van der Waals surface area (Å²) in [5.74, 6) is 1.28. The second kappa shape index (κ2) is 5.38. The number of aryl methyl sites for hydroxylation is 1. The van der Waals surface area contributed by atoms with Gasteiger partial charge in [0.25, 0.3) is 0 Å². The molecule has 1 atom stereocenters. The zero-order valence-corrected chi connectivity index (χ0v) is 11.1. The molecule has 1 heterocycles. The molecule has 1 aromatic carbocycles. The number of ether oxygens (including phenoxy) is 1. The van der Waals surface area contributed by atoms with Gasteiger partial charge in [-0.25, -0.2) is 4.98 Å². The number of pyridine rings is 1. The van der Waals surface area contributed by atoms with E-state index >= 15 is 0 Å². The number of rotatable bonds is 3. The van der Waals surface area contributed by atoms with Gasteiger partial charge in [-0.05, 0) is 43.7 Å². The number of aromatic nitrogens is 1. The van der Waals surface area contributed by atoms with E-state index in [4.69, 9.17) is 22.1 Å². The third-order valence-corrected chi connectivity index (χ3v) is 2.87. The van der Waals surface area contributed by atoms with Crippen LogP contribution in [0, 0.1) is 6.92 Å². The molecular weight excluding hydrogens is 248 g/mol. The molecule has 0 bridgehead atoms. The first-order chi connectivity index (χ1) is 8.58. The molecule has 1 unspecified atom stereocenters. The van der Waals surface area contributed by atoms with Gasteiger partial charge in [0.2, 0.25) is 5.88 Å². The van der Waals surface area contributed by atoms with Crippen LogP contribution in [0.4, 0.5) is 0 Å². The molecule has 0 spiro atoms. The van der Waals surface area contributed by atoms with E-state index in [-0.39, 0.29) is 6.04 Å². The molecule has 1 aromatic heterocycles. The Morgan fingerprint density at radius 1 is 1.33 bits per heavy atom. The van der Waals surface area contributed by atoms with Gasteiger partial charge in [0.1, 0.15) is 5.75 Å². The second-order valence-electron chi connectivity index (χ2n) is 4.20. The Balaban J connectivity index is 2.34. The fraction of sp³-hybridized carbons (Fsp3) is 0.214. The highest BCUT2D eigenvalue weighted by Crippen LogP contribution is 2.29. The van der Waals surface area contributed by atoms with Gasteiger partial charge >= 0.3 is 0 Å². The Morgan fingerprint density at radius 2 is 2.11 bits per heavy atom. The summed E-state index contributed by atoms with van der Waals surface area (Å²) in [6.07, 6.45) is 1.69. The SMILES string of the molecule is Cc1cc(Cl)ccc1Oc1ncccc1C(C)N. The molecule has 0 amide bonds. The van der Waals surface area contributed by atoms with Gasteiger partial charge in [0, 0.05) is 22.8 Å². The van der Waals surface area contributed by atoms with Crippen LogP contribution in [0.25, 0.3) is 0 Å². The first kappa shape index (κ1) is 12.9. The minimum absolute atomic E-state index is 0.124. The third-order valence-electron chi connectivity index (χ3n) is 2.63. The van der Waals surface area contributed by atoms with Crippen molar-refractivity contribution >= 4 is 11.6 Å². The second-order valence-corrected chi connectivity index (χ2v) is 4.63. The Kier molecular flexibility index (Phi) is 3.84. The number of nitrogens with zero attached hydrogens (tertiary/aromatic N) is 1. The minimum atomic E-state index is -0.124. The number of hydrogen-bond donors (Lipinski definition) is 1. The standard InChI is InChI=1S/C14H15ClN2O/c1-9-8-11(15)5-6-13(9)18-14-12(10(2)16)4-3-7-17-14/h3-8,10H,16H2,1-2H3. The molecule has 2 N–H and O–H groups in total. The summed E-state index contributed by atoms with van der Waals surface area (Å²) >= 11 is 5.91. The minimum Gasteiger partial charge on any atom is -0.438 e. The summed E-state index contributed by atoms with van der Waals surface area (Å²) in [6.45, 7) is 3.84. The predicted octanol–water partition coefficient (Wildman–Crippen LogP) is 3.86. The molecule has 4 heteroatoms. The number of nitrogens with two attached hydrogens (primary N) is 1. The molecule has 0 aliphatic carbocycles. The van der Waals surface area contributed by atoms with Crippen molar-refractivity contribution in [3.8, 4) is 11.6 Å². The fourth-order valence-corrected chi connectivity index (χ4v) is 1.89. The van der Waals surface area contributed by atoms with Crippen LogP contribution in [-0.2, 0) is 0 Å². The van der Waals surface area contributed by atoms with Gasteiger partial charge in [0.15, 0.2) is 0 Å². The van der Waals surface area contributed by atoms with Crippen molar-refractivity contribution in [1.29, 1.82) is 0 Å². The maximum atomic E-state index is 5.91. The van der Waals surface area contributed by atoms with E-state index in [2.05, 4.69) is 4.98 Å². The fourth-order valence-electron chi connectivity index (χ4n) is 1.67. The van der Waals surface area contributed by atoms with E-state index in [1.54, 1.807) is 12.3 Å². The van der Waals surface area contributed by atoms with E-state index in [0.29, 0.717) is 10.9 Å². The Labute approximate surface area is 112 Å². The zero-order valence-electron chi connectivity index (χ0n) is 10.4. The van der Waals surface area contributed by atoms with E-state index < -0.39 is 0 Å². The maximum Gasteiger partial charge on any atom is 0.223 e. The van der Waals surface area contributed by atoms with Crippen molar-refractivity contribution in [2.45, 2.75) is 19.9 Å². The number of hydrogen-bond acceptors (Lipinski definition) is 3. The Hall–Kier alpha value is -1.58. The lowest BCUT2D eigenvalue weighted by Gasteiger charge is -2.13. The lowest BCUT2D eigenvalue weighted by Crippen LogP contribution is -2.07. The summed E-state index contributed by atoms with van der Waals surface area (Å²) in [7, 11) is 0. The van der Waals surface area contributed by atoms with Crippen LogP contribution >= 0.6 is 11.6 Å². The summed E-state index contributed by atoms with van der Waals surface area (Å²) < 4.78 is 5.81. The molecule has 0 aliphatic heterocycles. The quantitative estimate of drug-likeness (QED) is 0.914. The first-order valence-corrected chi connectivity index (χ1v) is 6.10. The van der Waals surface area contributed by atoms with Gasteiger partial charge in [-0.3, -0.25) is 0 Å². The lowest BCUT2D eigenvalue weighted by molar-refractivity contribution is 0.449. The van der Waals surface area contributed by atoms with Crippen molar-refractivity contribution in [1.82, 2.24) is 4.98 Å². The van der Waals surface area contributed by atoms with Crippen molar-refractivity contribution in [2.24, 2.45) is 5.73 Å². The summed E-state index contributed by atoms with van der Waals surface area (Å²) in [5.41, 5.74) is 7.73. The van der Waals surface area contributed by atoms with E-state index in [9.17, 15) is 0 Å². The Bertz CT molecular complexity index is 555. The molecule has 0 aliphatic rings. The van der Waals surface area contributed by atoms with Crippen molar-refractivity contribution in [3.05, 3.63) is 52.7 Å². The molecule has 18 heavy (non-hydrogen) atoms.